The van der Waals surface area contributed by atoms with Crippen molar-refractivity contribution in [3.05, 3.63) is 59.5 Å². The third-order valence-corrected chi connectivity index (χ3v) is 3.77. The largest absolute Gasteiger partial charge is 0.357 e. The molecule has 128 valence electrons. The Kier molecular flexibility index (Phi) is 4.38. The molecule has 2 heterocycles. The number of carbonyl (C=O) groups excluding carboxylic acids is 3. The van der Waals surface area contributed by atoms with E-state index in [0.29, 0.717) is 5.69 Å². The number of anilines is 1. The predicted octanol–water partition coefficient (Wildman–Crippen LogP) is 1.86. The summed E-state index contributed by atoms with van der Waals surface area (Å²) in [6.45, 7) is 1.60. The Labute approximate surface area is 144 Å². The summed E-state index contributed by atoms with van der Waals surface area (Å²) in [6.07, 6.45) is 5.23. The van der Waals surface area contributed by atoms with Gasteiger partial charge in [-0.05, 0) is 36.8 Å². The summed E-state index contributed by atoms with van der Waals surface area (Å²) in [7, 11) is 1.86. The van der Waals surface area contributed by atoms with Crippen LogP contribution in [0.1, 0.15) is 11.1 Å². The molecule has 0 bridgehead atoms. The lowest BCUT2D eigenvalue weighted by Crippen LogP contribution is -2.38. The van der Waals surface area contributed by atoms with Crippen LogP contribution in [-0.4, -0.2) is 33.9 Å². The Balaban J connectivity index is 1.67. The maximum Gasteiger partial charge on any atom is 0.329 e. The molecule has 0 spiro atoms. The Morgan fingerprint density at radius 1 is 1.20 bits per heavy atom. The van der Waals surface area contributed by atoms with Crippen molar-refractivity contribution in [1.82, 2.24) is 14.8 Å². The van der Waals surface area contributed by atoms with Gasteiger partial charge >= 0.3 is 6.03 Å². The normalized spacial score (nSPS) is 15.6. The first-order valence-corrected chi connectivity index (χ1v) is 7.75. The topological polar surface area (TPSA) is 83.4 Å². The molecule has 0 atom stereocenters. The van der Waals surface area contributed by atoms with Crippen LogP contribution in [0.4, 0.5) is 10.5 Å². The Hall–Kier alpha value is -3.35. The molecule has 0 radical (unpaired) electrons. The highest BCUT2D eigenvalue weighted by atomic mass is 16.2. The minimum atomic E-state index is -0.605. The van der Waals surface area contributed by atoms with E-state index in [2.05, 4.69) is 10.6 Å². The van der Waals surface area contributed by atoms with E-state index in [1.807, 2.05) is 49.1 Å². The van der Waals surface area contributed by atoms with Gasteiger partial charge in [0.1, 0.15) is 12.2 Å². The number of amides is 4. The second-order valence-corrected chi connectivity index (χ2v) is 5.90. The van der Waals surface area contributed by atoms with Crippen molar-refractivity contribution in [2.75, 3.05) is 11.9 Å². The summed E-state index contributed by atoms with van der Waals surface area (Å²) >= 11 is 0. The highest BCUT2D eigenvalue weighted by molar-refractivity contribution is 6.15. The summed E-state index contributed by atoms with van der Waals surface area (Å²) in [5.74, 6) is -0.957. The highest BCUT2D eigenvalue weighted by Gasteiger charge is 2.34. The molecule has 1 fully saturated rings. The number of urea groups is 1. The van der Waals surface area contributed by atoms with Crippen LogP contribution in [0.15, 0.2) is 48.4 Å². The first-order valence-electron chi connectivity index (χ1n) is 7.75. The van der Waals surface area contributed by atoms with E-state index >= 15 is 0 Å². The summed E-state index contributed by atoms with van der Waals surface area (Å²) in [5, 5.41) is 5.17. The van der Waals surface area contributed by atoms with Crippen molar-refractivity contribution in [2.24, 2.45) is 7.05 Å². The second kappa shape index (κ2) is 6.64. The van der Waals surface area contributed by atoms with E-state index in [1.165, 1.54) is 0 Å². The van der Waals surface area contributed by atoms with Crippen LogP contribution in [-0.2, 0) is 16.6 Å². The van der Waals surface area contributed by atoms with Crippen molar-refractivity contribution >= 4 is 29.6 Å². The van der Waals surface area contributed by atoms with Crippen molar-refractivity contribution in [3.8, 4) is 0 Å². The number of hydrogen-bond acceptors (Lipinski definition) is 3. The van der Waals surface area contributed by atoms with E-state index < -0.39 is 17.8 Å². The van der Waals surface area contributed by atoms with E-state index in [0.717, 1.165) is 16.0 Å². The first-order chi connectivity index (χ1) is 11.9. The second-order valence-electron chi connectivity index (χ2n) is 5.90. The third-order valence-electron chi connectivity index (χ3n) is 3.77. The van der Waals surface area contributed by atoms with Crippen LogP contribution in [0.3, 0.4) is 0 Å². The van der Waals surface area contributed by atoms with Gasteiger partial charge in [0.25, 0.3) is 5.91 Å². The molecule has 0 aliphatic carbocycles. The molecular formula is C18H18N4O3. The number of nitrogens with one attached hydrogen (secondary N) is 2. The molecule has 7 heteroatoms. The smallest absolute Gasteiger partial charge is 0.329 e. The van der Waals surface area contributed by atoms with Crippen molar-refractivity contribution in [2.45, 2.75) is 6.92 Å². The molecule has 0 unspecified atom stereocenters. The highest BCUT2D eigenvalue weighted by Crippen LogP contribution is 2.15. The molecule has 1 saturated heterocycles. The maximum atomic E-state index is 12.3. The van der Waals surface area contributed by atoms with Gasteiger partial charge in [-0.2, -0.15) is 0 Å². The predicted molar refractivity (Wildman–Crippen MR) is 93.4 cm³/mol. The van der Waals surface area contributed by atoms with E-state index in [1.54, 1.807) is 18.2 Å². The fraction of sp³-hybridized carbons (Fsp3) is 0.167. The molecule has 2 aromatic rings. The van der Waals surface area contributed by atoms with Crippen LogP contribution < -0.4 is 10.6 Å². The minimum Gasteiger partial charge on any atom is -0.357 e. The third kappa shape index (κ3) is 3.77. The fourth-order valence-corrected chi connectivity index (χ4v) is 2.47. The Morgan fingerprint density at radius 3 is 2.56 bits per heavy atom. The quantitative estimate of drug-likeness (QED) is 0.659. The molecule has 25 heavy (non-hydrogen) atoms. The summed E-state index contributed by atoms with van der Waals surface area (Å²) < 4.78 is 1.83. The molecule has 1 aliphatic rings. The lowest BCUT2D eigenvalue weighted by molar-refractivity contribution is -0.127. The van der Waals surface area contributed by atoms with E-state index in [9.17, 15) is 14.4 Å². The molecule has 0 saturated carbocycles. The van der Waals surface area contributed by atoms with Crippen LogP contribution in [0.5, 0.6) is 0 Å². The SMILES string of the molecule is Cc1ccc(NC(=O)CN2C(=O)N/C(=C/c3ccn(C)c3)C2=O)cc1. The summed E-state index contributed by atoms with van der Waals surface area (Å²) in [6, 6.07) is 8.47. The minimum absolute atomic E-state index is 0.152. The number of imide groups is 1. The molecule has 1 aromatic carbocycles. The van der Waals surface area contributed by atoms with Gasteiger partial charge in [-0.1, -0.05) is 17.7 Å². The van der Waals surface area contributed by atoms with Gasteiger partial charge in [-0.15, -0.1) is 0 Å². The number of carbonyl (C=O) groups is 3. The van der Waals surface area contributed by atoms with E-state index in [4.69, 9.17) is 0 Å². The monoisotopic (exact) mass is 338 g/mol. The van der Waals surface area contributed by atoms with Crippen LogP contribution in [0.2, 0.25) is 0 Å². The van der Waals surface area contributed by atoms with Gasteiger partial charge in [0, 0.05) is 25.1 Å². The lowest BCUT2D eigenvalue weighted by atomic mass is 10.2. The van der Waals surface area contributed by atoms with Gasteiger partial charge in [-0.3, -0.25) is 9.59 Å². The van der Waals surface area contributed by atoms with Crippen LogP contribution >= 0.6 is 0 Å². The lowest BCUT2D eigenvalue weighted by Gasteiger charge is -2.12. The average Bonchev–Trinajstić information content (AvgIpc) is 3.08. The number of nitrogens with zero attached hydrogens (tertiary/aromatic N) is 2. The van der Waals surface area contributed by atoms with Gasteiger partial charge in [0.05, 0.1) is 0 Å². The van der Waals surface area contributed by atoms with Crippen LogP contribution in [0.25, 0.3) is 6.08 Å². The number of hydrogen-bond donors (Lipinski definition) is 2. The van der Waals surface area contributed by atoms with Gasteiger partial charge in [0.15, 0.2) is 0 Å². The number of aromatic nitrogens is 1. The fourth-order valence-electron chi connectivity index (χ4n) is 2.47. The molecule has 3 rings (SSSR count). The van der Waals surface area contributed by atoms with Crippen LogP contribution in [0, 0.1) is 6.92 Å². The maximum absolute atomic E-state index is 12.3. The molecule has 1 aromatic heterocycles. The van der Waals surface area contributed by atoms with Gasteiger partial charge in [-0.25, -0.2) is 9.69 Å². The number of aryl methyl sites for hydroxylation is 2. The number of benzene rings is 1. The number of rotatable bonds is 4. The zero-order valence-electron chi connectivity index (χ0n) is 13.9. The molecular weight excluding hydrogens is 320 g/mol. The Morgan fingerprint density at radius 2 is 1.92 bits per heavy atom. The van der Waals surface area contributed by atoms with Crippen molar-refractivity contribution < 1.29 is 14.4 Å². The zero-order chi connectivity index (χ0) is 18.0. The Bertz CT molecular complexity index is 865. The summed E-state index contributed by atoms with van der Waals surface area (Å²) in [4.78, 5) is 37.3. The first kappa shape index (κ1) is 16.5. The zero-order valence-corrected chi connectivity index (χ0v) is 13.9. The average molecular weight is 338 g/mol. The molecule has 4 amide bonds. The standard InChI is InChI=1S/C18H18N4O3/c1-12-3-5-14(6-4-12)19-16(23)11-22-17(24)15(20-18(22)25)9-13-7-8-21(2)10-13/h3-10H,11H2,1-2H3,(H,19,23)(H,20,25)/b15-9+. The molecule has 7 nitrogen and oxygen atoms in total. The van der Waals surface area contributed by atoms with Crippen molar-refractivity contribution in [1.29, 1.82) is 0 Å². The van der Waals surface area contributed by atoms with E-state index in [-0.39, 0.29) is 12.2 Å². The van der Waals surface area contributed by atoms with Crippen molar-refractivity contribution in [3.63, 3.8) is 0 Å². The van der Waals surface area contributed by atoms with Gasteiger partial charge < -0.3 is 15.2 Å². The molecule has 2 N–H and O–H groups in total. The summed E-state index contributed by atoms with van der Waals surface area (Å²) in [5.41, 5.74) is 2.63. The van der Waals surface area contributed by atoms with Gasteiger partial charge in [0.2, 0.25) is 5.91 Å². The molecule has 1 aliphatic heterocycles.